The normalized spacial score (nSPS) is 17.7. The largest absolute Gasteiger partial charge is 0.0843 e. The topological polar surface area (TPSA) is 0 Å². The Labute approximate surface area is 97.0 Å². The van der Waals surface area contributed by atoms with Crippen molar-refractivity contribution in [3.8, 4) is 0 Å². The molecule has 0 saturated heterocycles. The minimum Gasteiger partial charge on any atom is -0.0843 e. The van der Waals surface area contributed by atoms with Gasteiger partial charge >= 0.3 is 0 Å². The molecule has 0 unspecified atom stereocenters. The molecule has 0 amide bonds. The van der Waals surface area contributed by atoms with Crippen molar-refractivity contribution < 1.29 is 0 Å². The van der Waals surface area contributed by atoms with E-state index in [0.29, 0.717) is 5.03 Å². The van der Waals surface area contributed by atoms with Gasteiger partial charge in [-0.25, -0.2) is 0 Å². The van der Waals surface area contributed by atoms with Crippen LogP contribution in [-0.4, -0.2) is 0 Å². The van der Waals surface area contributed by atoms with Crippen molar-refractivity contribution in [2.75, 3.05) is 0 Å². The van der Waals surface area contributed by atoms with Crippen LogP contribution < -0.4 is 0 Å². The SMILES string of the molecule is C=C(Cl)c1ccc(C2CCCCC2)cc1. The molecule has 0 aliphatic heterocycles. The van der Waals surface area contributed by atoms with Gasteiger partial charge in [-0.05, 0) is 29.9 Å². The summed E-state index contributed by atoms with van der Waals surface area (Å²) in [7, 11) is 0. The van der Waals surface area contributed by atoms with Crippen LogP contribution in [0, 0.1) is 0 Å². The average molecular weight is 221 g/mol. The van der Waals surface area contributed by atoms with E-state index in [9.17, 15) is 0 Å². The molecular formula is C14H17Cl. The van der Waals surface area contributed by atoms with Gasteiger partial charge in [0.1, 0.15) is 0 Å². The van der Waals surface area contributed by atoms with Crippen LogP contribution in [0.25, 0.3) is 5.03 Å². The van der Waals surface area contributed by atoms with Gasteiger partial charge < -0.3 is 0 Å². The quantitative estimate of drug-likeness (QED) is 0.662. The predicted octanol–water partition coefficient (Wildman–Crippen LogP) is 4.94. The summed E-state index contributed by atoms with van der Waals surface area (Å²) in [5, 5.41) is 0.630. The van der Waals surface area contributed by atoms with E-state index in [1.54, 1.807) is 0 Å². The standard InChI is InChI=1S/C14H17Cl/c1-11(15)12-7-9-14(10-8-12)13-5-3-2-4-6-13/h7-10,13H,1-6H2. The van der Waals surface area contributed by atoms with E-state index >= 15 is 0 Å². The van der Waals surface area contributed by atoms with Gasteiger partial charge in [-0.2, -0.15) is 0 Å². The fourth-order valence-electron chi connectivity index (χ4n) is 2.37. The minimum atomic E-state index is 0.630. The second kappa shape index (κ2) is 4.85. The molecule has 1 aliphatic carbocycles. The molecule has 1 aromatic carbocycles. The number of halogens is 1. The molecule has 1 aromatic rings. The number of rotatable bonds is 2. The molecular weight excluding hydrogens is 204 g/mol. The number of hydrogen-bond acceptors (Lipinski definition) is 0. The minimum absolute atomic E-state index is 0.630. The summed E-state index contributed by atoms with van der Waals surface area (Å²) in [6.45, 7) is 3.73. The fraction of sp³-hybridized carbons (Fsp3) is 0.429. The molecule has 0 nitrogen and oxygen atoms in total. The lowest BCUT2D eigenvalue weighted by Gasteiger charge is -2.22. The summed E-state index contributed by atoms with van der Waals surface area (Å²) in [6, 6.07) is 8.58. The van der Waals surface area contributed by atoms with Crippen LogP contribution in [-0.2, 0) is 0 Å². The lowest BCUT2D eigenvalue weighted by molar-refractivity contribution is 0.443. The summed E-state index contributed by atoms with van der Waals surface area (Å²) >= 11 is 5.85. The molecule has 1 heteroatoms. The molecule has 0 aromatic heterocycles. The molecule has 15 heavy (non-hydrogen) atoms. The maximum atomic E-state index is 5.85. The third-order valence-electron chi connectivity index (χ3n) is 3.30. The molecule has 0 heterocycles. The highest BCUT2D eigenvalue weighted by atomic mass is 35.5. The van der Waals surface area contributed by atoms with E-state index in [-0.39, 0.29) is 0 Å². The Morgan fingerprint density at radius 3 is 2.20 bits per heavy atom. The zero-order valence-electron chi connectivity index (χ0n) is 9.01. The highest BCUT2D eigenvalue weighted by Gasteiger charge is 2.14. The van der Waals surface area contributed by atoms with E-state index in [0.717, 1.165) is 11.5 Å². The van der Waals surface area contributed by atoms with Crippen molar-refractivity contribution >= 4 is 16.6 Å². The molecule has 0 radical (unpaired) electrons. The lowest BCUT2D eigenvalue weighted by Crippen LogP contribution is -2.04. The molecule has 1 aliphatic rings. The summed E-state index contributed by atoms with van der Waals surface area (Å²) in [6.07, 6.45) is 6.87. The van der Waals surface area contributed by atoms with Crippen LogP contribution in [0.5, 0.6) is 0 Å². The fourth-order valence-corrected chi connectivity index (χ4v) is 2.50. The summed E-state index contributed by atoms with van der Waals surface area (Å²) in [4.78, 5) is 0. The summed E-state index contributed by atoms with van der Waals surface area (Å²) in [5.74, 6) is 0.774. The molecule has 2 rings (SSSR count). The van der Waals surface area contributed by atoms with E-state index in [1.807, 2.05) is 0 Å². The van der Waals surface area contributed by atoms with Crippen LogP contribution in [0.15, 0.2) is 30.8 Å². The number of hydrogen-bond donors (Lipinski definition) is 0. The Morgan fingerprint density at radius 2 is 1.67 bits per heavy atom. The Bertz CT molecular complexity index is 331. The Hall–Kier alpha value is -0.750. The predicted molar refractivity (Wildman–Crippen MR) is 67.2 cm³/mol. The van der Waals surface area contributed by atoms with Crippen LogP contribution in [0.1, 0.15) is 49.1 Å². The third-order valence-corrected chi connectivity index (χ3v) is 3.52. The van der Waals surface area contributed by atoms with Crippen LogP contribution in [0.2, 0.25) is 0 Å². The zero-order chi connectivity index (χ0) is 10.7. The van der Waals surface area contributed by atoms with Crippen LogP contribution >= 0.6 is 11.6 Å². The van der Waals surface area contributed by atoms with Crippen LogP contribution in [0.3, 0.4) is 0 Å². The first-order valence-corrected chi connectivity index (χ1v) is 6.10. The molecule has 80 valence electrons. The third kappa shape index (κ3) is 2.63. The van der Waals surface area contributed by atoms with Gasteiger partial charge in [0.15, 0.2) is 0 Å². The van der Waals surface area contributed by atoms with Crippen molar-refractivity contribution in [1.82, 2.24) is 0 Å². The van der Waals surface area contributed by atoms with E-state index in [4.69, 9.17) is 11.6 Å². The summed E-state index contributed by atoms with van der Waals surface area (Å²) in [5.41, 5.74) is 2.51. The second-order valence-corrected chi connectivity index (χ2v) is 4.82. The monoisotopic (exact) mass is 220 g/mol. The lowest BCUT2D eigenvalue weighted by atomic mass is 9.84. The summed E-state index contributed by atoms with van der Waals surface area (Å²) < 4.78 is 0. The van der Waals surface area contributed by atoms with Crippen molar-refractivity contribution in [2.45, 2.75) is 38.0 Å². The van der Waals surface area contributed by atoms with Gasteiger partial charge in [0.05, 0.1) is 0 Å². The maximum absolute atomic E-state index is 5.85. The van der Waals surface area contributed by atoms with E-state index < -0.39 is 0 Å². The van der Waals surface area contributed by atoms with E-state index in [2.05, 4.69) is 30.8 Å². The first-order valence-electron chi connectivity index (χ1n) is 5.72. The van der Waals surface area contributed by atoms with Crippen LogP contribution in [0.4, 0.5) is 0 Å². The van der Waals surface area contributed by atoms with Crippen molar-refractivity contribution in [1.29, 1.82) is 0 Å². The van der Waals surface area contributed by atoms with Gasteiger partial charge in [0.25, 0.3) is 0 Å². The Balaban J connectivity index is 2.11. The second-order valence-electron chi connectivity index (χ2n) is 4.36. The van der Waals surface area contributed by atoms with Crippen molar-refractivity contribution in [3.63, 3.8) is 0 Å². The highest BCUT2D eigenvalue weighted by molar-refractivity contribution is 6.48. The van der Waals surface area contributed by atoms with Gasteiger partial charge in [-0.3, -0.25) is 0 Å². The van der Waals surface area contributed by atoms with Gasteiger partial charge in [-0.1, -0.05) is 61.7 Å². The maximum Gasteiger partial charge on any atom is 0.0406 e. The molecule has 1 fully saturated rings. The zero-order valence-corrected chi connectivity index (χ0v) is 9.76. The molecule has 0 bridgehead atoms. The first-order chi connectivity index (χ1) is 7.27. The Morgan fingerprint density at radius 1 is 1.07 bits per heavy atom. The molecule has 0 spiro atoms. The Kier molecular flexibility index (Phi) is 3.48. The average Bonchev–Trinajstić information content (AvgIpc) is 2.30. The van der Waals surface area contributed by atoms with Crippen molar-refractivity contribution in [2.24, 2.45) is 0 Å². The smallest absolute Gasteiger partial charge is 0.0406 e. The van der Waals surface area contributed by atoms with E-state index in [1.165, 1.54) is 37.7 Å². The number of benzene rings is 1. The highest BCUT2D eigenvalue weighted by Crippen LogP contribution is 2.33. The first kappa shape index (κ1) is 10.8. The van der Waals surface area contributed by atoms with Gasteiger partial charge in [0, 0.05) is 5.03 Å². The van der Waals surface area contributed by atoms with Gasteiger partial charge in [0.2, 0.25) is 0 Å². The van der Waals surface area contributed by atoms with Gasteiger partial charge in [-0.15, -0.1) is 0 Å². The van der Waals surface area contributed by atoms with Crippen molar-refractivity contribution in [3.05, 3.63) is 42.0 Å². The molecule has 1 saturated carbocycles. The molecule has 0 atom stereocenters. The molecule has 0 N–H and O–H groups in total.